The molecule has 1 aliphatic carbocycles. The van der Waals surface area contributed by atoms with Crippen LogP contribution in [0, 0.1) is 5.92 Å². The van der Waals surface area contributed by atoms with Crippen molar-refractivity contribution in [3.8, 4) is 0 Å². The summed E-state index contributed by atoms with van der Waals surface area (Å²) in [7, 11) is 0. The van der Waals surface area contributed by atoms with Crippen molar-refractivity contribution in [3.05, 3.63) is 52.7 Å². The maximum atomic E-state index is 12.4. The van der Waals surface area contributed by atoms with E-state index in [0.29, 0.717) is 6.61 Å². The molecule has 0 N–H and O–H groups in total. The molecular formula is C21H22N2O2S2. The highest BCUT2D eigenvalue weighted by atomic mass is 32.2. The summed E-state index contributed by atoms with van der Waals surface area (Å²) in [5, 5.41) is 1.73. The summed E-state index contributed by atoms with van der Waals surface area (Å²) in [4.78, 5) is 23.9. The van der Waals surface area contributed by atoms with Crippen molar-refractivity contribution in [3.63, 3.8) is 0 Å². The zero-order valence-corrected chi connectivity index (χ0v) is 17.1. The van der Waals surface area contributed by atoms with Gasteiger partial charge in [0.25, 0.3) is 0 Å². The number of hydrogen-bond acceptors (Lipinski definition) is 6. The molecule has 0 aliphatic heterocycles. The van der Waals surface area contributed by atoms with E-state index in [9.17, 15) is 4.79 Å². The average molecular weight is 399 g/mol. The van der Waals surface area contributed by atoms with Gasteiger partial charge in [-0.25, -0.2) is 9.97 Å². The third-order valence-electron chi connectivity index (χ3n) is 4.90. The maximum absolute atomic E-state index is 12.4. The van der Waals surface area contributed by atoms with Gasteiger partial charge in [0.2, 0.25) is 0 Å². The number of aryl methyl sites for hydroxylation is 1. The van der Waals surface area contributed by atoms with Crippen molar-refractivity contribution in [2.45, 2.75) is 50.0 Å². The van der Waals surface area contributed by atoms with Crippen LogP contribution in [0.15, 0.2) is 41.7 Å². The average Bonchev–Trinajstić information content (AvgIpc) is 3.05. The molecule has 4 nitrogen and oxygen atoms in total. The third-order valence-corrected chi connectivity index (χ3v) is 7.14. The molecule has 1 aromatic carbocycles. The molecule has 2 heterocycles. The van der Waals surface area contributed by atoms with Crippen molar-refractivity contribution >= 4 is 39.3 Å². The zero-order chi connectivity index (χ0) is 18.8. The van der Waals surface area contributed by atoms with Crippen LogP contribution in [-0.4, -0.2) is 21.2 Å². The Hall–Kier alpha value is -1.92. The van der Waals surface area contributed by atoms with Gasteiger partial charge >= 0.3 is 5.97 Å². The fourth-order valence-electron chi connectivity index (χ4n) is 3.40. The number of esters is 1. The van der Waals surface area contributed by atoms with E-state index >= 15 is 0 Å². The van der Waals surface area contributed by atoms with Gasteiger partial charge in [0, 0.05) is 10.3 Å². The van der Waals surface area contributed by atoms with Crippen LogP contribution in [0.25, 0.3) is 10.2 Å². The highest BCUT2D eigenvalue weighted by Crippen LogP contribution is 2.41. The van der Waals surface area contributed by atoms with E-state index in [2.05, 4.69) is 16.9 Å². The fraction of sp³-hybridized carbons (Fsp3) is 0.381. The summed E-state index contributed by atoms with van der Waals surface area (Å²) < 4.78 is 5.48. The van der Waals surface area contributed by atoms with Gasteiger partial charge in [-0.2, -0.15) is 0 Å². The molecule has 0 spiro atoms. The van der Waals surface area contributed by atoms with Crippen LogP contribution >= 0.6 is 23.1 Å². The summed E-state index contributed by atoms with van der Waals surface area (Å²) in [6, 6.07) is 9.75. The number of thiophene rings is 1. The summed E-state index contributed by atoms with van der Waals surface area (Å²) >= 11 is 3.26. The maximum Gasteiger partial charge on any atom is 0.319 e. The van der Waals surface area contributed by atoms with Gasteiger partial charge in [-0.1, -0.05) is 49.0 Å². The summed E-state index contributed by atoms with van der Waals surface area (Å²) in [6.45, 7) is 4.49. The molecule has 0 saturated heterocycles. The lowest BCUT2D eigenvalue weighted by Gasteiger charge is -2.18. The van der Waals surface area contributed by atoms with Crippen LogP contribution < -0.4 is 0 Å². The highest BCUT2D eigenvalue weighted by Gasteiger charge is 2.25. The van der Waals surface area contributed by atoms with E-state index < -0.39 is 0 Å². The molecule has 0 radical (unpaired) electrons. The van der Waals surface area contributed by atoms with E-state index in [0.717, 1.165) is 39.6 Å². The Balaban J connectivity index is 1.50. The normalized spacial score (nSPS) is 17.5. The van der Waals surface area contributed by atoms with Crippen LogP contribution in [0.1, 0.15) is 36.3 Å². The predicted octanol–water partition coefficient (Wildman–Crippen LogP) is 5.04. The number of benzene rings is 1. The van der Waals surface area contributed by atoms with Gasteiger partial charge in [0.15, 0.2) is 0 Å². The first-order chi connectivity index (χ1) is 13.1. The Kier molecular flexibility index (Phi) is 5.45. The largest absolute Gasteiger partial charge is 0.460 e. The molecule has 27 heavy (non-hydrogen) atoms. The summed E-state index contributed by atoms with van der Waals surface area (Å²) in [6.07, 6.45) is 5.00. The van der Waals surface area contributed by atoms with Crippen molar-refractivity contribution in [2.75, 3.05) is 0 Å². The van der Waals surface area contributed by atoms with E-state index in [1.54, 1.807) is 17.7 Å². The van der Waals surface area contributed by atoms with Crippen LogP contribution in [-0.2, 0) is 29.0 Å². The van der Waals surface area contributed by atoms with Gasteiger partial charge in [-0.15, -0.1) is 11.3 Å². The number of carbonyl (C=O) groups excluding carboxylic acids is 1. The summed E-state index contributed by atoms with van der Waals surface area (Å²) in [5.74, 6) is 0.509. The standard InChI is InChI=1S/C21H22N2O2S2/c1-13-8-9-16-17(10-13)27-20-18(16)19(22-12-23-20)26-14(2)21(24)25-11-15-6-4-3-5-7-15/h3-7,12-14H,8-11H2,1-2H3/t13-,14-/m0/s1. The van der Waals surface area contributed by atoms with E-state index in [-0.39, 0.29) is 11.2 Å². The van der Waals surface area contributed by atoms with Crippen molar-refractivity contribution in [1.82, 2.24) is 9.97 Å². The smallest absolute Gasteiger partial charge is 0.319 e. The number of hydrogen-bond donors (Lipinski definition) is 0. The second-order valence-electron chi connectivity index (χ2n) is 7.06. The minimum Gasteiger partial charge on any atom is -0.460 e. The van der Waals surface area contributed by atoms with Crippen molar-refractivity contribution in [1.29, 1.82) is 0 Å². The molecule has 3 aromatic rings. The molecule has 0 fully saturated rings. The second-order valence-corrected chi connectivity index (χ2v) is 9.48. The number of aromatic nitrogens is 2. The van der Waals surface area contributed by atoms with E-state index in [4.69, 9.17) is 4.74 Å². The second kappa shape index (κ2) is 7.98. The lowest BCUT2D eigenvalue weighted by atomic mass is 9.89. The lowest BCUT2D eigenvalue weighted by Crippen LogP contribution is -2.17. The van der Waals surface area contributed by atoms with Crippen LogP contribution in [0.3, 0.4) is 0 Å². The molecular weight excluding hydrogens is 376 g/mol. The topological polar surface area (TPSA) is 52.1 Å². The summed E-state index contributed by atoms with van der Waals surface area (Å²) in [5.41, 5.74) is 2.38. The quantitative estimate of drug-likeness (QED) is 0.342. The molecule has 0 bridgehead atoms. The molecule has 2 atom stereocenters. The minimum atomic E-state index is -0.315. The number of ether oxygens (including phenoxy) is 1. The molecule has 1 aliphatic rings. The van der Waals surface area contributed by atoms with E-state index in [1.165, 1.54) is 28.6 Å². The molecule has 0 saturated carbocycles. The minimum absolute atomic E-state index is 0.215. The molecule has 4 rings (SSSR count). The first-order valence-corrected chi connectivity index (χ1v) is 10.9. The fourth-order valence-corrected chi connectivity index (χ4v) is 5.76. The molecule has 0 amide bonds. The van der Waals surface area contributed by atoms with Crippen LogP contribution in [0.4, 0.5) is 0 Å². The predicted molar refractivity (Wildman–Crippen MR) is 110 cm³/mol. The van der Waals surface area contributed by atoms with Crippen LogP contribution in [0.2, 0.25) is 0 Å². The Bertz CT molecular complexity index is 955. The number of nitrogens with zero attached hydrogens (tertiary/aromatic N) is 2. The number of rotatable bonds is 5. The zero-order valence-electron chi connectivity index (χ0n) is 15.5. The van der Waals surface area contributed by atoms with Crippen molar-refractivity contribution in [2.24, 2.45) is 5.92 Å². The Morgan fingerprint density at radius 1 is 1.33 bits per heavy atom. The van der Waals surface area contributed by atoms with Gasteiger partial charge in [0.05, 0.1) is 0 Å². The first-order valence-electron chi connectivity index (χ1n) is 9.24. The molecule has 140 valence electrons. The lowest BCUT2D eigenvalue weighted by molar-refractivity contribution is -0.143. The SMILES string of the molecule is C[C@H]1CCc2c(sc3ncnc(S[C@@H](C)C(=O)OCc4ccccc4)c23)C1. The molecule has 0 unspecified atom stereocenters. The van der Waals surface area contributed by atoms with E-state index in [1.807, 2.05) is 37.3 Å². The van der Waals surface area contributed by atoms with Gasteiger partial charge in [-0.05, 0) is 43.2 Å². The number of thioether (sulfide) groups is 1. The van der Waals surface area contributed by atoms with Crippen LogP contribution in [0.5, 0.6) is 0 Å². The molecule has 2 aromatic heterocycles. The Labute approximate surface area is 167 Å². The highest BCUT2D eigenvalue weighted by molar-refractivity contribution is 8.00. The van der Waals surface area contributed by atoms with Gasteiger partial charge in [-0.3, -0.25) is 4.79 Å². The monoisotopic (exact) mass is 398 g/mol. The van der Waals surface area contributed by atoms with Crippen molar-refractivity contribution < 1.29 is 9.53 Å². The van der Waals surface area contributed by atoms with Gasteiger partial charge < -0.3 is 4.74 Å². The first kappa shape index (κ1) is 18.4. The Morgan fingerprint density at radius 2 is 2.15 bits per heavy atom. The third kappa shape index (κ3) is 4.01. The molecule has 6 heteroatoms. The number of carbonyl (C=O) groups is 1. The Morgan fingerprint density at radius 3 is 2.96 bits per heavy atom. The van der Waals surface area contributed by atoms with Gasteiger partial charge in [0.1, 0.15) is 28.0 Å². The number of fused-ring (bicyclic) bond motifs is 3.